The first-order valence-corrected chi connectivity index (χ1v) is 24.1. The molecule has 2 unspecified atom stereocenters. The van der Waals surface area contributed by atoms with E-state index < -0.39 is 80.0 Å². The van der Waals surface area contributed by atoms with E-state index in [1.807, 2.05) is 0 Å². The molecule has 2 fully saturated rings. The summed E-state index contributed by atoms with van der Waals surface area (Å²) in [5.74, 6) is -2.57. The molecule has 0 N–H and O–H groups in total. The number of hydrogen-bond donors (Lipinski definition) is 0. The van der Waals surface area contributed by atoms with Crippen molar-refractivity contribution >= 4 is 47.7 Å². The highest BCUT2D eigenvalue weighted by Crippen LogP contribution is 2.52. The van der Waals surface area contributed by atoms with Gasteiger partial charge in [0.05, 0.1) is 49.4 Å². The van der Waals surface area contributed by atoms with Gasteiger partial charge in [0.1, 0.15) is 0 Å². The third-order valence-corrected chi connectivity index (χ3v) is 13.7. The minimum atomic E-state index is -5.16. The summed E-state index contributed by atoms with van der Waals surface area (Å²) in [6.07, 6.45) is -3.00. The zero-order valence-corrected chi connectivity index (χ0v) is 39.6. The number of hydrogen-bond acceptors (Lipinski definition) is 11. The van der Waals surface area contributed by atoms with Gasteiger partial charge in [0, 0.05) is 83.2 Å². The SMILES string of the molecule is CCOC(=O)C1CCCN(C(=O)C=Cc2ccc(Sc3ccc(C=CC(=O)N4CCCC(C(=O)OCC)C4)c(-c4ccc5c(c4)CCOO5)c3C(F)(F)F)c(C(F)(F)F)c2-c2ccc3c(c2)CCOO3)C1. The van der Waals surface area contributed by atoms with Gasteiger partial charge in [-0.25, -0.2) is 0 Å². The van der Waals surface area contributed by atoms with E-state index in [0.717, 1.165) is 24.3 Å². The number of halogens is 6. The molecule has 0 bridgehead atoms. The molecule has 376 valence electrons. The van der Waals surface area contributed by atoms with Crippen molar-refractivity contribution in [2.24, 2.45) is 11.8 Å². The Morgan fingerprint density at radius 2 is 1.06 bits per heavy atom. The van der Waals surface area contributed by atoms with Crippen LogP contribution in [0.1, 0.15) is 72.9 Å². The fraction of sp³-hybridized carbons (Fsp3) is 0.385. The van der Waals surface area contributed by atoms with E-state index in [0.29, 0.717) is 49.9 Å². The summed E-state index contributed by atoms with van der Waals surface area (Å²) in [5, 5.41) is 0. The molecule has 0 spiro atoms. The third-order valence-electron chi connectivity index (χ3n) is 12.6. The number of piperidine rings is 2. The number of alkyl halides is 6. The maximum absolute atomic E-state index is 15.9. The first-order chi connectivity index (χ1) is 34.0. The monoisotopic (exact) mass is 1010 g/mol. The molecule has 4 aromatic rings. The van der Waals surface area contributed by atoms with Crippen molar-refractivity contribution < 1.29 is 74.5 Å². The number of amides is 2. The number of fused-ring (bicyclic) bond motifs is 2. The van der Waals surface area contributed by atoms with Gasteiger partial charge in [0.25, 0.3) is 0 Å². The van der Waals surface area contributed by atoms with E-state index >= 15 is 26.3 Å². The summed E-state index contributed by atoms with van der Waals surface area (Å²) in [4.78, 5) is 74.7. The van der Waals surface area contributed by atoms with E-state index in [1.165, 1.54) is 70.5 Å². The van der Waals surface area contributed by atoms with Gasteiger partial charge >= 0.3 is 24.3 Å². The van der Waals surface area contributed by atoms with Crippen LogP contribution in [-0.4, -0.2) is 86.2 Å². The van der Waals surface area contributed by atoms with Crippen LogP contribution in [0.2, 0.25) is 0 Å². The quantitative estimate of drug-likeness (QED) is 0.0582. The Morgan fingerprint density at radius 3 is 1.45 bits per heavy atom. The van der Waals surface area contributed by atoms with Crippen LogP contribution in [0.25, 0.3) is 34.4 Å². The fourth-order valence-corrected chi connectivity index (χ4v) is 10.4. The Bertz CT molecular complexity index is 2560. The zero-order valence-electron chi connectivity index (χ0n) is 38.8. The number of ether oxygens (including phenoxy) is 2. The van der Waals surface area contributed by atoms with E-state index in [4.69, 9.17) is 29.0 Å². The van der Waals surface area contributed by atoms with Gasteiger partial charge in [0.2, 0.25) is 11.8 Å². The second kappa shape index (κ2) is 22.0. The number of benzene rings is 4. The molecular formula is C52H50F6N2O10S. The van der Waals surface area contributed by atoms with E-state index in [9.17, 15) is 19.2 Å². The molecule has 19 heteroatoms. The number of carbonyl (C=O) groups excluding carboxylic acids is 4. The van der Waals surface area contributed by atoms with Gasteiger partial charge in [-0.1, -0.05) is 36.0 Å². The predicted molar refractivity (Wildman–Crippen MR) is 248 cm³/mol. The van der Waals surface area contributed by atoms with Crippen LogP contribution in [0.3, 0.4) is 0 Å². The van der Waals surface area contributed by atoms with Crippen LogP contribution in [0.4, 0.5) is 26.3 Å². The van der Waals surface area contributed by atoms with Gasteiger partial charge < -0.3 is 29.0 Å². The maximum Gasteiger partial charge on any atom is 0.418 e. The summed E-state index contributed by atoms with van der Waals surface area (Å²) in [5.41, 5.74) is -2.22. The highest BCUT2D eigenvalue weighted by molar-refractivity contribution is 7.99. The average Bonchev–Trinajstić information content (AvgIpc) is 3.36. The lowest BCUT2D eigenvalue weighted by Crippen LogP contribution is -2.42. The summed E-state index contributed by atoms with van der Waals surface area (Å²) < 4.78 is 106. The van der Waals surface area contributed by atoms with Gasteiger partial charge in [0.15, 0.2) is 11.5 Å². The van der Waals surface area contributed by atoms with Crippen molar-refractivity contribution in [2.45, 2.75) is 74.5 Å². The molecule has 4 aliphatic heterocycles. The number of nitrogens with zero attached hydrogens (tertiary/aromatic N) is 2. The molecule has 0 saturated carbocycles. The van der Waals surface area contributed by atoms with Crippen molar-refractivity contribution in [1.82, 2.24) is 9.80 Å². The van der Waals surface area contributed by atoms with Crippen molar-refractivity contribution in [3.05, 3.63) is 106 Å². The van der Waals surface area contributed by atoms with Crippen molar-refractivity contribution in [3.8, 4) is 33.8 Å². The number of rotatable bonds is 12. The Kier molecular flexibility index (Phi) is 15.8. The summed E-state index contributed by atoms with van der Waals surface area (Å²) in [7, 11) is 0. The fourth-order valence-electron chi connectivity index (χ4n) is 9.28. The second-order valence-corrected chi connectivity index (χ2v) is 18.4. The Morgan fingerprint density at radius 1 is 0.634 bits per heavy atom. The predicted octanol–water partition coefficient (Wildman–Crippen LogP) is 10.6. The largest absolute Gasteiger partial charge is 0.466 e. The lowest BCUT2D eigenvalue weighted by atomic mass is 9.91. The van der Waals surface area contributed by atoms with Gasteiger partial charge in [-0.05, 0) is 110 Å². The molecular weight excluding hydrogens is 959 g/mol. The summed E-state index contributed by atoms with van der Waals surface area (Å²) in [6, 6.07) is 13.5. The number of likely N-dealkylation sites (tertiary alicyclic amines) is 2. The van der Waals surface area contributed by atoms with Crippen LogP contribution < -0.4 is 9.78 Å². The van der Waals surface area contributed by atoms with Crippen LogP contribution in [0.5, 0.6) is 11.5 Å². The molecule has 0 aliphatic carbocycles. The lowest BCUT2D eigenvalue weighted by molar-refractivity contribution is -0.215. The van der Waals surface area contributed by atoms with Gasteiger partial charge in [-0.3, -0.25) is 19.2 Å². The molecule has 4 aromatic carbocycles. The Labute approximate surface area is 409 Å². The summed E-state index contributed by atoms with van der Waals surface area (Å²) in [6.45, 7) is 4.62. The molecule has 0 aromatic heterocycles. The molecule has 0 radical (unpaired) electrons. The topological polar surface area (TPSA) is 130 Å². The Hall–Kier alpha value is -6.31. The van der Waals surface area contributed by atoms with Crippen LogP contribution in [0, 0.1) is 11.8 Å². The maximum atomic E-state index is 15.9. The van der Waals surface area contributed by atoms with Crippen molar-refractivity contribution in [1.29, 1.82) is 0 Å². The van der Waals surface area contributed by atoms with Crippen LogP contribution >= 0.6 is 11.8 Å². The average molecular weight is 1010 g/mol. The highest BCUT2D eigenvalue weighted by atomic mass is 32.2. The van der Waals surface area contributed by atoms with Crippen LogP contribution in [0.15, 0.2) is 82.6 Å². The molecule has 12 nitrogen and oxygen atoms in total. The van der Waals surface area contributed by atoms with Crippen LogP contribution in [-0.2, 0) is 63.6 Å². The molecule has 4 aliphatic rings. The highest BCUT2D eigenvalue weighted by Gasteiger charge is 2.42. The Balaban J connectivity index is 1.24. The minimum absolute atomic E-state index is 0.0497. The van der Waals surface area contributed by atoms with E-state index in [2.05, 4.69) is 0 Å². The summed E-state index contributed by atoms with van der Waals surface area (Å²) >= 11 is 0.280. The molecule has 4 heterocycles. The molecule has 2 saturated heterocycles. The van der Waals surface area contributed by atoms with E-state index in [-0.39, 0.29) is 97.9 Å². The van der Waals surface area contributed by atoms with Gasteiger partial charge in [-0.15, -0.1) is 0 Å². The first-order valence-electron chi connectivity index (χ1n) is 23.3. The van der Waals surface area contributed by atoms with Crippen molar-refractivity contribution in [2.75, 3.05) is 52.6 Å². The normalized spacial score (nSPS) is 18.4. The smallest absolute Gasteiger partial charge is 0.418 e. The standard InChI is InChI=1S/C52H50F6N2O10S/c1-3-65-49(63)37-7-5-23-59(29-37)43(61)19-13-31-11-17-41(47(51(53,54)55)45(31)35-9-15-39-33(27-35)21-25-67-69-39)71-42-18-12-32(14-20-44(62)60-24-6-8-38(30-60)50(64)66-4-2)46(48(42)52(56,57)58)36-10-16-40-34(28-36)22-26-68-70-40/h9-20,27-28,37-38H,3-8,21-26,29-30H2,1-2H3. The molecule has 2 atom stereocenters. The number of carbonyl (C=O) groups is 4. The third kappa shape index (κ3) is 11.7. The molecule has 8 rings (SSSR count). The first kappa shape index (κ1) is 51.1. The van der Waals surface area contributed by atoms with Crippen molar-refractivity contribution in [3.63, 3.8) is 0 Å². The van der Waals surface area contributed by atoms with Gasteiger partial charge in [-0.2, -0.15) is 36.1 Å². The minimum Gasteiger partial charge on any atom is -0.466 e. The molecule has 2 amide bonds. The zero-order chi connectivity index (χ0) is 50.5. The van der Waals surface area contributed by atoms with E-state index in [1.54, 1.807) is 13.8 Å². The second-order valence-electron chi connectivity index (χ2n) is 17.3. The number of esters is 2. The molecule has 71 heavy (non-hydrogen) atoms. The lowest BCUT2D eigenvalue weighted by Gasteiger charge is -2.30.